The van der Waals surface area contributed by atoms with Crippen molar-refractivity contribution in [2.24, 2.45) is 0 Å². The summed E-state index contributed by atoms with van der Waals surface area (Å²) in [6, 6.07) is 17.7. The molecule has 0 bridgehead atoms. The third kappa shape index (κ3) is 2.75. The molecule has 6 heteroatoms. The van der Waals surface area contributed by atoms with Crippen LogP contribution in [0, 0.1) is 5.82 Å². The highest BCUT2D eigenvalue weighted by Crippen LogP contribution is 2.29. The van der Waals surface area contributed by atoms with E-state index >= 15 is 0 Å². The van der Waals surface area contributed by atoms with Crippen LogP contribution in [-0.4, -0.2) is 14.6 Å². The van der Waals surface area contributed by atoms with Gasteiger partial charge < -0.3 is 10.7 Å². The average Bonchev–Trinajstić information content (AvgIpc) is 3.06. The van der Waals surface area contributed by atoms with Crippen molar-refractivity contribution in [2.75, 3.05) is 5.73 Å². The maximum Gasteiger partial charge on any atom is 0.253 e. The number of aromatic amines is 1. The lowest BCUT2D eigenvalue weighted by atomic mass is 9.95. The molecule has 2 aromatic heterocycles. The molecule has 3 N–H and O–H groups in total. The first kappa shape index (κ1) is 16.1. The van der Waals surface area contributed by atoms with Gasteiger partial charge in [0.15, 0.2) is 0 Å². The molecular formula is C20H17FN4O. The summed E-state index contributed by atoms with van der Waals surface area (Å²) in [6.45, 7) is 1.94. The maximum absolute atomic E-state index is 14.6. The summed E-state index contributed by atoms with van der Waals surface area (Å²) >= 11 is 0. The van der Waals surface area contributed by atoms with Gasteiger partial charge in [0.05, 0.1) is 5.69 Å². The normalized spacial score (nSPS) is 12.4. The Labute approximate surface area is 148 Å². The van der Waals surface area contributed by atoms with Gasteiger partial charge in [-0.05, 0) is 17.2 Å². The Bertz CT molecular complexity index is 1150. The number of aromatic nitrogens is 3. The molecule has 0 fully saturated rings. The zero-order chi connectivity index (χ0) is 18.3. The van der Waals surface area contributed by atoms with Gasteiger partial charge in [0.2, 0.25) is 0 Å². The van der Waals surface area contributed by atoms with Crippen LogP contribution in [0.15, 0.2) is 65.5 Å². The van der Waals surface area contributed by atoms with Crippen LogP contribution < -0.4 is 11.3 Å². The van der Waals surface area contributed by atoms with Crippen LogP contribution in [-0.2, 0) is 0 Å². The predicted octanol–water partition coefficient (Wildman–Crippen LogP) is 3.56. The van der Waals surface area contributed by atoms with Crippen LogP contribution in [0.3, 0.4) is 0 Å². The Balaban J connectivity index is 1.73. The maximum atomic E-state index is 14.6. The van der Waals surface area contributed by atoms with Gasteiger partial charge in [0.1, 0.15) is 17.3 Å². The van der Waals surface area contributed by atoms with E-state index in [2.05, 4.69) is 10.1 Å². The van der Waals surface area contributed by atoms with E-state index in [0.717, 1.165) is 11.1 Å². The third-order valence-corrected chi connectivity index (χ3v) is 4.52. The fourth-order valence-electron chi connectivity index (χ4n) is 3.08. The van der Waals surface area contributed by atoms with Crippen LogP contribution >= 0.6 is 0 Å². The van der Waals surface area contributed by atoms with Crippen molar-refractivity contribution >= 4 is 11.5 Å². The molecule has 2 heterocycles. The van der Waals surface area contributed by atoms with Crippen LogP contribution in [0.2, 0.25) is 0 Å². The lowest BCUT2D eigenvalue weighted by Gasteiger charge is -2.11. The SMILES string of the molecule is CC(c1ccc(-c2ccccc2)c(F)c1)c1cc2[nH]c(=O)cc(N)n2n1. The second-order valence-corrected chi connectivity index (χ2v) is 6.25. The topological polar surface area (TPSA) is 76.2 Å². The van der Waals surface area contributed by atoms with Crippen LogP contribution in [0.4, 0.5) is 10.2 Å². The number of hydrogen-bond acceptors (Lipinski definition) is 3. The Kier molecular flexibility index (Phi) is 3.80. The molecule has 4 rings (SSSR count). The van der Waals surface area contributed by atoms with Gasteiger partial charge in [-0.3, -0.25) is 4.79 Å². The molecule has 0 aliphatic heterocycles. The van der Waals surface area contributed by atoms with E-state index in [1.165, 1.54) is 16.6 Å². The number of nitrogens with two attached hydrogens (primary N) is 1. The zero-order valence-corrected chi connectivity index (χ0v) is 14.1. The largest absolute Gasteiger partial charge is 0.383 e. The van der Waals surface area contributed by atoms with Gasteiger partial charge in [-0.15, -0.1) is 0 Å². The van der Waals surface area contributed by atoms with E-state index in [9.17, 15) is 9.18 Å². The Morgan fingerprint density at radius 1 is 1.12 bits per heavy atom. The molecule has 1 unspecified atom stereocenters. The molecule has 26 heavy (non-hydrogen) atoms. The number of nitrogen functional groups attached to an aromatic ring is 1. The number of nitrogens with one attached hydrogen (secondary N) is 1. The monoisotopic (exact) mass is 348 g/mol. The zero-order valence-electron chi connectivity index (χ0n) is 14.1. The number of fused-ring (bicyclic) bond motifs is 1. The van der Waals surface area contributed by atoms with E-state index in [4.69, 9.17) is 5.73 Å². The first-order valence-electron chi connectivity index (χ1n) is 8.26. The van der Waals surface area contributed by atoms with Crippen molar-refractivity contribution in [3.63, 3.8) is 0 Å². The minimum atomic E-state index is -0.285. The highest BCUT2D eigenvalue weighted by molar-refractivity contribution is 5.64. The molecule has 0 aliphatic carbocycles. The molecule has 0 spiro atoms. The average molecular weight is 348 g/mol. The predicted molar refractivity (Wildman–Crippen MR) is 99.6 cm³/mol. The number of halogens is 1. The van der Waals surface area contributed by atoms with Crippen molar-refractivity contribution < 1.29 is 4.39 Å². The smallest absolute Gasteiger partial charge is 0.253 e. The molecule has 2 aromatic carbocycles. The van der Waals surface area contributed by atoms with E-state index in [0.29, 0.717) is 16.9 Å². The highest BCUT2D eigenvalue weighted by Gasteiger charge is 2.16. The summed E-state index contributed by atoms with van der Waals surface area (Å²) in [5.41, 5.74) is 8.96. The van der Waals surface area contributed by atoms with Crippen LogP contribution in [0.25, 0.3) is 16.8 Å². The first-order valence-corrected chi connectivity index (χ1v) is 8.26. The highest BCUT2D eigenvalue weighted by atomic mass is 19.1. The summed E-state index contributed by atoms with van der Waals surface area (Å²) in [6.07, 6.45) is 0. The minimum absolute atomic E-state index is 0.155. The first-order chi connectivity index (χ1) is 12.5. The molecule has 0 saturated heterocycles. The molecule has 1 atom stereocenters. The van der Waals surface area contributed by atoms with Crippen molar-refractivity contribution in [3.8, 4) is 11.1 Å². The van der Waals surface area contributed by atoms with E-state index in [-0.39, 0.29) is 23.1 Å². The van der Waals surface area contributed by atoms with Gasteiger partial charge in [-0.2, -0.15) is 5.10 Å². The van der Waals surface area contributed by atoms with E-state index < -0.39 is 0 Å². The lowest BCUT2D eigenvalue weighted by molar-refractivity contribution is 0.627. The summed E-state index contributed by atoms with van der Waals surface area (Å²) in [7, 11) is 0. The molecule has 0 saturated carbocycles. The standard InChI is InChI=1S/C20H17FN4O/c1-12(17-10-19-23-20(26)11-18(22)25(19)24-17)14-7-8-15(16(21)9-14)13-5-3-2-4-6-13/h2-12H,22H2,1H3,(H,23,26). The minimum Gasteiger partial charge on any atom is -0.383 e. The van der Waals surface area contributed by atoms with Crippen molar-refractivity contribution in [1.82, 2.24) is 14.6 Å². The summed E-state index contributed by atoms with van der Waals surface area (Å²) < 4.78 is 16.1. The van der Waals surface area contributed by atoms with Crippen LogP contribution in [0.1, 0.15) is 24.1 Å². The number of rotatable bonds is 3. The molecule has 5 nitrogen and oxygen atoms in total. The molecule has 0 amide bonds. The third-order valence-electron chi connectivity index (χ3n) is 4.52. The number of H-pyrrole nitrogens is 1. The number of hydrogen-bond donors (Lipinski definition) is 2. The van der Waals surface area contributed by atoms with Crippen molar-refractivity contribution in [2.45, 2.75) is 12.8 Å². The molecular weight excluding hydrogens is 331 g/mol. The molecule has 0 aliphatic rings. The van der Waals surface area contributed by atoms with Gasteiger partial charge in [0.25, 0.3) is 5.56 Å². The Hall–Kier alpha value is -3.41. The Morgan fingerprint density at radius 3 is 2.62 bits per heavy atom. The van der Waals surface area contributed by atoms with Gasteiger partial charge in [-0.25, -0.2) is 8.91 Å². The van der Waals surface area contributed by atoms with Gasteiger partial charge in [-0.1, -0.05) is 49.4 Å². The van der Waals surface area contributed by atoms with E-state index in [1.807, 2.05) is 43.3 Å². The second kappa shape index (κ2) is 6.15. The lowest BCUT2D eigenvalue weighted by Crippen LogP contribution is -2.11. The molecule has 4 aromatic rings. The number of anilines is 1. The van der Waals surface area contributed by atoms with Crippen LogP contribution in [0.5, 0.6) is 0 Å². The fraction of sp³-hybridized carbons (Fsp3) is 0.100. The summed E-state index contributed by atoms with van der Waals surface area (Å²) in [5, 5.41) is 4.44. The molecule has 130 valence electrons. The quantitative estimate of drug-likeness (QED) is 0.594. The van der Waals surface area contributed by atoms with Gasteiger partial charge in [0, 0.05) is 23.6 Å². The molecule has 0 radical (unpaired) electrons. The van der Waals surface area contributed by atoms with E-state index in [1.54, 1.807) is 12.1 Å². The van der Waals surface area contributed by atoms with Crippen molar-refractivity contribution in [3.05, 3.63) is 88.1 Å². The number of nitrogens with zero attached hydrogens (tertiary/aromatic N) is 2. The second-order valence-electron chi connectivity index (χ2n) is 6.25. The Morgan fingerprint density at radius 2 is 1.88 bits per heavy atom. The van der Waals surface area contributed by atoms with Crippen molar-refractivity contribution in [1.29, 1.82) is 0 Å². The van der Waals surface area contributed by atoms with Gasteiger partial charge >= 0.3 is 0 Å². The summed E-state index contributed by atoms with van der Waals surface area (Å²) in [4.78, 5) is 14.2. The fourth-order valence-corrected chi connectivity index (χ4v) is 3.08. The summed E-state index contributed by atoms with van der Waals surface area (Å²) in [5.74, 6) is -0.179. The number of benzene rings is 2.